The molecule has 0 aliphatic carbocycles. The number of para-hydroxylation sites is 1. The second-order valence-corrected chi connectivity index (χ2v) is 6.63. The lowest BCUT2D eigenvalue weighted by Gasteiger charge is -2.31. The van der Waals surface area contributed by atoms with Crippen LogP contribution < -0.4 is 5.32 Å². The zero-order chi connectivity index (χ0) is 18.1. The summed E-state index contributed by atoms with van der Waals surface area (Å²) >= 11 is 0. The molecule has 5 nitrogen and oxygen atoms in total. The zero-order valence-electron chi connectivity index (χ0n) is 15.6. The van der Waals surface area contributed by atoms with Gasteiger partial charge in [-0.25, -0.2) is 0 Å². The van der Waals surface area contributed by atoms with E-state index in [4.69, 9.17) is 9.84 Å². The molecule has 2 rings (SSSR count). The Hall–Kier alpha value is -1.43. The number of aryl methyl sites for hydroxylation is 2. The minimum absolute atomic E-state index is 0.0650. The van der Waals surface area contributed by atoms with Crippen LogP contribution in [0.3, 0.4) is 0 Å². The fourth-order valence-corrected chi connectivity index (χ4v) is 3.33. The second kappa shape index (κ2) is 10.5. The minimum atomic E-state index is 0.0650. The predicted molar refractivity (Wildman–Crippen MR) is 101 cm³/mol. The molecule has 1 aromatic rings. The number of anilines is 1. The third kappa shape index (κ3) is 6.10. The van der Waals surface area contributed by atoms with Gasteiger partial charge in [0.2, 0.25) is 5.91 Å². The number of rotatable bonds is 9. The van der Waals surface area contributed by atoms with E-state index in [1.54, 1.807) is 0 Å². The highest BCUT2D eigenvalue weighted by molar-refractivity contribution is 5.93. The van der Waals surface area contributed by atoms with E-state index < -0.39 is 0 Å². The first kappa shape index (κ1) is 19.9. The van der Waals surface area contributed by atoms with Crippen molar-refractivity contribution in [2.24, 2.45) is 0 Å². The van der Waals surface area contributed by atoms with E-state index >= 15 is 0 Å². The van der Waals surface area contributed by atoms with E-state index in [0.717, 1.165) is 44.5 Å². The van der Waals surface area contributed by atoms with Crippen molar-refractivity contribution in [2.45, 2.75) is 52.1 Å². The van der Waals surface area contributed by atoms with E-state index in [2.05, 4.69) is 42.3 Å². The predicted octanol–water partition coefficient (Wildman–Crippen LogP) is 2.61. The molecule has 0 spiro atoms. The molecule has 1 aliphatic rings. The van der Waals surface area contributed by atoms with Gasteiger partial charge >= 0.3 is 0 Å². The maximum atomic E-state index is 12.5. The molecular formula is C20H32N2O3. The third-order valence-corrected chi connectivity index (χ3v) is 4.82. The first-order valence-corrected chi connectivity index (χ1v) is 9.53. The summed E-state index contributed by atoms with van der Waals surface area (Å²) < 4.78 is 5.75. The third-order valence-electron chi connectivity index (χ3n) is 4.82. The van der Waals surface area contributed by atoms with Crippen molar-refractivity contribution in [1.29, 1.82) is 0 Å². The number of aliphatic hydroxyl groups excluding tert-OH is 1. The van der Waals surface area contributed by atoms with Crippen molar-refractivity contribution >= 4 is 11.6 Å². The van der Waals surface area contributed by atoms with Gasteiger partial charge in [0.05, 0.1) is 12.6 Å². The first-order chi connectivity index (χ1) is 12.2. The van der Waals surface area contributed by atoms with Crippen LogP contribution in [-0.2, 0) is 22.4 Å². The van der Waals surface area contributed by atoms with Gasteiger partial charge in [0.1, 0.15) is 0 Å². The number of likely N-dealkylation sites (tertiary alicyclic amines) is 1. The van der Waals surface area contributed by atoms with Crippen LogP contribution in [0.5, 0.6) is 0 Å². The number of benzene rings is 1. The van der Waals surface area contributed by atoms with Crippen LogP contribution in [-0.4, -0.2) is 54.9 Å². The molecule has 1 saturated heterocycles. The Balaban J connectivity index is 1.82. The van der Waals surface area contributed by atoms with Gasteiger partial charge in [-0.3, -0.25) is 9.69 Å². The number of hydrogen-bond acceptors (Lipinski definition) is 4. The maximum absolute atomic E-state index is 12.5. The average Bonchev–Trinajstić information content (AvgIpc) is 2.63. The zero-order valence-corrected chi connectivity index (χ0v) is 15.6. The molecule has 140 valence electrons. The average molecular weight is 348 g/mol. The molecule has 1 aromatic carbocycles. The lowest BCUT2D eigenvalue weighted by Crippen LogP contribution is -2.41. The van der Waals surface area contributed by atoms with Gasteiger partial charge in [-0.2, -0.15) is 0 Å². The van der Waals surface area contributed by atoms with Gasteiger partial charge in [0.25, 0.3) is 0 Å². The smallest absolute Gasteiger partial charge is 0.238 e. The van der Waals surface area contributed by atoms with E-state index in [9.17, 15) is 4.79 Å². The summed E-state index contributed by atoms with van der Waals surface area (Å²) in [5.74, 6) is 0.0650. The maximum Gasteiger partial charge on any atom is 0.238 e. The fourth-order valence-electron chi connectivity index (χ4n) is 3.33. The molecule has 1 amide bonds. The van der Waals surface area contributed by atoms with E-state index in [1.165, 1.54) is 11.1 Å². The normalized spacial score (nSPS) is 16.1. The quantitative estimate of drug-likeness (QED) is 0.674. The summed E-state index contributed by atoms with van der Waals surface area (Å²) in [6.07, 6.45) is 4.69. The van der Waals surface area contributed by atoms with Crippen LogP contribution in [0.1, 0.15) is 44.2 Å². The topological polar surface area (TPSA) is 61.8 Å². The number of hydrogen-bond donors (Lipinski definition) is 2. The van der Waals surface area contributed by atoms with Crippen LogP contribution >= 0.6 is 0 Å². The Bertz CT molecular complexity index is 517. The van der Waals surface area contributed by atoms with E-state index in [-0.39, 0.29) is 18.6 Å². The fraction of sp³-hybridized carbons (Fsp3) is 0.650. The minimum Gasteiger partial charge on any atom is -0.396 e. The molecule has 1 fully saturated rings. The Morgan fingerprint density at radius 2 is 1.88 bits per heavy atom. The number of carbonyl (C=O) groups excluding carboxylic acids is 1. The van der Waals surface area contributed by atoms with Crippen molar-refractivity contribution in [3.05, 3.63) is 29.3 Å². The molecule has 0 atom stereocenters. The Morgan fingerprint density at radius 3 is 2.44 bits per heavy atom. The number of aliphatic hydroxyl groups is 1. The Morgan fingerprint density at radius 1 is 1.24 bits per heavy atom. The van der Waals surface area contributed by atoms with Crippen LogP contribution in [0.25, 0.3) is 0 Å². The standard InChI is InChI=1S/C20H32N2O3/c1-3-16-7-5-8-17(4-2)20(16)21-19(24)15-22-11-9-18(10-12-22)25-14-6-13-23/h5,7-8,18,23H,3-4,6,9-15H2,1-2H3,(H,21,24). The SMILES string of the molecule is CCc1cccc(CC)c1NC(=O)CN1CCC(OCCCO)CC1. The summed E-state index contributed by atoms with van der Waals surface area (Å²) in [5.41, 5.74) is 3.40. The highest BCUT2D eigenvalue weighted by atomic mass is 16.5. The summed E-state index contributed by atoms with van der Waals surface area (Å²) in [5, 5.41) is 11.9. The van der Waals surface area contributed by atoms with E-state index in [1.807, 2.05) is 0 Å². The van der Waals surface area contributed by atoms with Crippen LogP contribution in [0.2, 0.25) is 0 Å². The molecule has 1 heterocycles. The molecule has 0 bridgehead atoms. The molecular weight excluding hydrogens is 316 g/mol. The number of nitrogens with one attached hydrogen (secondary N) is 1. The van der Waals surface area contributed by atoms with Crippen molar-refractivity contribution in [3.63, 3.8) is 0 Å². The van der Waals surface area contributed by atoms with Gasteiger partial charge in [0.15, 0.2) is 0 Å². The second-order valence-electron chi connectivity index (χ2n) is 6.63. The highest BCUT2D eigenvalue weighted by Crippen LogP contribution is 2.23. The molecule has 2 N–H and O–H groups in total. The molecule has 0 unspecified atom stereocenters. The number of carbonyl (C=O) groups is 1. The van der Waals surface area contributed by atoms with Crippen molar-refractivity contribution in [2.75, 3.05) is 38.2 Å². The number of ether oxygens (including phenoxy) is 1. The summed E-state index contributed by atoms with van der Waals surface area (Å²) in [6.45, 7) is 7.23. The molecule has 0 saturated carbocycles. The largest absolute Gasteiger partial charge is 0.396 e. The van der Waals surface area contributed by atoms with Gasteiger partial charge in [-0.05, 0) is 43.2 Å². The van der Waals surface area contributed by atoms with Crippen molar-refractivity contribution in [3.8, 4) is 0 Å². The summed E-state index contributed by atoms with van der Waals surface area (Å²) in [6, 6.07) is 6.24. The Labute approximate surface area is 151 Å². The van der Waals surface area contributed by atoms with Gasteiger partial charge in [-0.1, -0.05) is 32.0 Å². The number of amides is 1. The van der Waals surface area contributed by atoms with Crippen molar-refractivity contribution < 1.29 is 14.6 Å². The molecule has 0 radical (unpaired) electrons. The summed E-state index contributed by atoms with van der Waals surface area (Å²) in [7, 11) is 0. The lowest BCUT2D eigenvalue weighted by atomic mass is 10.0. The Kier molecular flexibility index (Phi) is 8.38. The summed E-state index contributed by atoms with van der Waals surface area (Å²) in [4.78, 5) is 14.7. The molecule has 5 heteroatoms. The number of piperidine rings is 1. The highest BCUT2D eigenvalue weighted by Gasteiger charge is 2.21. The monoisotopic (exact) mass is 348 g/mol. The first-order valence-electron chi connectivity index (χ1n) is 9.53. The number of nitrogens with zero attached hydrogens (tertiary/aromatic N) is 1. The molecule has 0 aromatic heterocycles. The van der Waals surface area contributed by atoms with Gasteiger partial charge in [-0.15, -0.1) is 0 Å². The van der Waals surface area contributed by atoms with Crippen LogP contribution in [0.4, 0.5) is 5.69 Å². The lowest BCUT2D eigenvalue weighted by molar-refractivity contribution is -0.118. The molecule has 1 aliphatic heterocycles. The van der Waals surface area contributed by atoms with Crippen LogP contribution in [0, 0.1) is 0 Å². The van der Waals surface area contributed by atoms with Gasteiger partial charge < -0.3 is 15.2 Å². The van der Waals surface area contributed by atoms with Crippen LogP contribution in [0.15, 0.2) is 18.2 Å². The molecule has 25 heavy (non-hydrogen) atoms. The van der Waals surface area contributed by atoms with Gasteiger partial charge in [0, 0.05) is 32.0 Å². The van der Waals surface area contributed by atoms with E-state index in [0.29, 0.717) is 19.6 Å². The van der Waals surface area contributed by atoms with Crippen molar-refractivity contribution in [1.82, 2.24) is 4.90 Å².